The number of rotatable bonds is 2. The molecule has 0 aliphatic heterocycles. The highest BCUT2D eigenvalue weighted by Gasteiger charge is 2.10. The first-order valence-electron chi connectivity index (χ1n) is 10.6. The van der Waals surface area contributed by atoms with Gasteiger partial charge in [-0.25, -0.2) is 8.78 Å². The van der Waals surface area contributed by atoms with Crippen LogP contribution in [-0.2, 0) is 7.05 Å². The van der Waals surface area contributed by atoms with E-state index >= 15 is 0 Å². The molecule has 34 heavy (non-hydrogen) atoms. The van der Waals surface area contributed by atoms with E-state index in [0.29, 0.717) is 0 Å². The Kier molecular flexibility index (Phi) is 7.22. The minimum Gasteiger partial charge on any atom is -0.356 e. The molecule has 0 amide bonds. The van der Waals surface area contributed by atoms with Crippen LogP contribution in [0.2, 0.25) is 0 Å². The van der Waals surface area contributed by atoms with Crippen molar-refractivity contribution in [1.82, 2.24) is 14.5 Å². The van der Waals surface area contributed by atoms with Crippen LogP contribution >= 0.6 is 0 Å². The van der Waals surface area contributed by atoms with Gasteiger partial charge in [-0.3, -0.25) is 9.97 Å². The summed E-state index contributed by atoms with van der Waals surface area (Å²) in [7, 11) is 1.98. The first kappa shape index (κ1) is 22.6. The second kappa shape index (κ2) is 10.8. The summed E-state index contributed by atoms with van der Waals surface area (Å²) >= 11 is 0. The van der Waals surface area contributed by atoms with Gasteiger partial charge in [0.1, 0.15) is 11.6 Å². The lowest BCUT2D eigenvalue weighted by molar-refractivity contribution is 0.627. The molecule has 0 atom stereocenters. The minimum atomic E-state index is -0.246. The van der Waals surface area contributed by atoms with Gasteiger partial charge in [0, 0.05) is 66.5 Å². The van der Waals surface area contributed by atoms with Crippen LogP contribution in [-0.4, -0.2) is 14.5 Å². The maximum atomic E-state index is 13.0. The number of nitrogens with zero attached hydrogens (tertiary/aromatic N) is 3. The third kappa shape index (κ3) is 6.02. The van der Waals surface area contributed by atoms with E-state index in [9.17, 15) is 8.78 Å². The summed E-state index contributed by atoms with van der Waals surface area (Å²) < 4.78 is 27.6. The molecule has 0 N–H and O–H groups in total. The van der Waals surface area contributed by atoms with Gasteiger partial charge in [0.25, 0.3) is 0 Å². The van der Waals surface area contributed by atoms with Gasteiger partial charge in [0.05, 0.1) is 0 Å². The minimum absolute atomic E-state index is 0.217. The molecule has 3 aromatic heterocycles. The van der Waals surface area contributed by atoms with Crippen LogP contribution in [0, 0.1) is 23.5 Å². The molecule has 5 rings (SSSR count). The number of hydrogen-bond donors (Lipinski definition) is 0. The Bertz CT molecular complexity index is 1400. The highest BCUT2D eigenvalue weighted by Crippen LogP contribution is 2.32. The van der Waals surface area contributed by atoms with E-state index in [0.717, 1.165) is 33.4 Å². The maximum absolute atomic E-state index is 13.0. The molecular weight excluding hydrogens is 428 g/mol. The van der Waals surface area contributed by atoms with Crippen molar-refractivity contribution in [2.45, 2.75) is 0 Å². The van der Waals surface area contributed by atoms with E-state index in [1.165, 1.54) is 24.3 Å². The van der Waals surface area contributed by atoms with Crippen molar-refractivity contribution in [3.8, 4) is 34.1 Å². The fraction of sp³-hybridized carbons (Fsp3) is 0.0345. The van der Waals surface area contributed by atoms with Crippen molar-refractivity contribution in [2.75, 3.05) is 0 Å². The van der Waals surface area contributed by atoms with Crippen LogP contribution in [0.25, 0.3) is 22.3 Å². The first-order chi connectivity index (χ1) is 16.6. The predicted molar refractivity (Wildman–Crippen MR) is 131 cm³/mol. The molecule has 0 fully saturated rings. The zero-order valence-electron chi connectivity index (χ0n) is 18.5. The second-order valence-electron chi connectivity index (χ2n) is 7.49. The normalized spacial score (nSPS) is 9.97. The molecule has 0 aliphatic carbocycles. The van der Waals surface area contributed by atoms with Crippen molar-refractivity contribution < 1.29 is 8.78 Å². The quantitative estimate of drug-likeness (QED) is 0.288. The van der Waals surface area contributed by atoms with E-state index < -0.39 is 0 Å². The average molecular weight is 450 g/mol. The average Bonchev–Trinajstić information content (AvgIpc) is 3.27. The zero-order chi connectivity index (χ0) is 23.8. The smallest absolute Gasteiger partial charge is 0.123 e. The molecule has 3 nitrogen and oxygen atoms in total. The third-order valence-corrected chi connectivity index (χ3v) is 4.98. The van der Waals surface area contributed by atoms with E-state index in [4.69, 9.17) is 0 Å². The first-order valence-corrected chi connectivity index (χ1v) is 10.6. The molecular formula is C29H21F2N3. The van der Waals surface area contributed by atoms with Gasteiger partial charge in [0.2, 0.25) is 0 Å². The van der Waals surface area contributed by atoms with E-state index in [1.54, 1.807) is 49.1 Å². The van der Waals surface area contributed by atoms with Crippen LogP contribution < -0.4 is 0 Å². The van der Waals surface area contributed by atoms with Crippen LogP contribution in [0.1, 0.15) is 11.1 Å². The van der Waals surface area contributed by atoms with Crippen LogP contribution in [0.3, 0.4) is 0 Å². The Labute approximate surface area is 197 Å². The molecule has 5 aromatic rings. The SMILES string of the molecule is Cn1cc(-c2ccncc2)c(-c2ccc(F)cc2)c1.Fc1ccc(C#Cc2ccncc2)cc1. The summed E-state index contributed by atoms with van der Waals surface area (Å²) in [5.74, 6) is 5.45. The van der Waals surface area contributed by atoms with Crippen molar-refractivity contribution in [2.24, 2.45) is 7.05 Å². The van der Waals surface area contributed by atoms with Gasteiger partial charge in [-0.2, -0.15) is 0 Å². The van der Waals surface area contributed by atoms with Crippen molar-refractivity contribution in [1.29, 1.82) is 0 Å². The van der Waals surface area contributed by atoms with Gasteiger partial charge in [-0.05, 0) is 71.8 Å². The van der Waals surface area contributed by atoms with Gasteiger partial charge < -0.3 is 4.57 Å². The van der Waals surface area contributed by atoms with E-state index in [2.05, 4.69) is 28.0 Å². The highest BCUT2D eigenvalue weighted by molar-refractivity contribution is 5.83. The Hall–Kier alpha value is -4.56. The zero-order valence-corrected chi connectivity index (χ0v) is 18.5. The lowest BCUT2D eigenvalue weighted by Crippen LogP contribution is -1.81. The molecule has 3 heterocycles. The van der Waals surface area contributed by atoms with E-state index in [1.807, 2.05) is 42.1 Å². The van der Waals surface area contributed by atoms with Gasteiger partial charge >= 0.3 is 0 Å². The van der Waals surface area contributed by atoms with Gasteiger partial charge in [-0.1, -0.05) is 24.0 Å². The molecule has 0 spiro atoms. The monoisotopic (exact) mass is 449 g/mol. The molecule has 0 saturated carbocycles. The lowest BCUT2D eigenvalue weighted by Gasteiger charge is -2.04. The molecule has 0 saturated heterocycles. The summed E-state index contributed by atoms with van der Waals surface area (Å²) in [6, 6.07) is 20.3. The fourth-order valence-corrected chi connectivity index (χ4v) is 3.32. The number of aromatic nitrogens is 3. The topological polar surface area (TPSA) is 30.7 Å². The maximum Gasteiger partial charge on any atom is 0.123 e. The molecule has 0 unspecified atom stereocenters. The molecule has 5 heteroatoms. The Morgan fingerprint density at radius 2 is 0.971 bits per heavy atom. The van der Waals surface area contributed by atoms with Gasteiger partial charge in [-0.15, -0.1) is 0 Å². The van der Waals surface area contributed by atoms with Crippen molar-refractivity contribution in [3.05, 3.63) is 133 Å². The highest BCUT2D eigenvalue weighted by atomic mass is 19.1. The molecule has 0 bridgehead atoms. The van der Waals surface area contributed by atoms with Crippen LogP contribution in [0.4, 0.5) is 8.78 Å². The summed E-state index contributed by atoms with van der Waals surface area (Å²) in [5.41, 5.74) is 6.02. The molecule has 0 radical (unpaired) electrons. The van der Waals surface area contributed by atoms with Crippen molar-refractivity contribution >= 4 is 0 Å². The third-order valence-electron chi connectivity index (χ3n) is 4.98. The van der Waals surface area contributed by atoms with Gasteiger partial charge in [0.15, 0.2) is 0 Å². The summed E-state index contributed by atoms with van der Waals surface area (Å²) in [6.45, 7) is 0. The lowest BCUT2D eigenvalue weighted by atomic mass is 10.00. The Morgan fingerprint density at radius 1 is 0.559 bits per heavy atom. The predicted octanol–water partition coefficient (Wildman–Crippen LogP) is 6.51. The summed E-state index contributed by atoms with van der Waals surface area (Å²) in [4.78, 5) is 7.93. The van der Waals surface area contributed by atoms with Crippen LogP contribution in [0.15, 0.2) is 110 Å². The standard InChI is InChI=1S/C16H13FN2.C13H8FN/c1-19-10-15(12-2-4-14(17)5-3-12)16(11-19)13-6-8-18-9-7-13;14-13-5-3-11(4-6-13)1-2-12-7-9-15-10-8-12/h2-11H,1H3;3-10H. The largest absolute Gasteiger partial charge is 0.356 e. The number of hydrogen-bond acceptors (Lipinski definition) is 2. The molecule has 2 aromatic carbocycles. The molecule has 0 aliphatic rings. The van der Waals surface area contributed by atoms with Crippen molar-refractivity contribution in [3.63, 3.8) is 0 Å². The summed E-state index contributed by atoms with van der Waals surface area (Å²) in [6.07, 6.45) is 11.0. The van der Waals surface area contributed by atoms with Crippen LogP contribution in [0.5, 0.6) is 0 Å². The number of halogens is 2. The Balaban J connectivity index is 0.000000166. The summed E-state index contributed by atoms with van der Waals surface area (Å²) in [5, 5.41) is 0. The fourth-order valence-electron chi connectivity index (χ4n) is 3.32. The molecule has 166 valence electrons. The number of benzene rings is 2. The van der Waals surface area contributed by atoms with E-state index in [-0.39, 0.29) is 11.6 Å². The number of pyridine rings is 2. The second-order valence-corrected chi connectivity index (χ2v) is 7.49. The Morgan fingerprint density at radius 3 is 1.50 bits per heavy atom. The number of aryl methyl sites for hydroxylation is 1.